The Hall–Kier alpha value is -2.89. The number of Topliss-reactive ketones (excluding diaryl/α,β-unsaturated/α-hetero) is 1. The van der Waals surface area contributed by atoms with E-state index in [2.05, 4.69) is 0 Å². The summed E-state index contributed by atoms with van der Waals surface area (Å²) in [5, 5.41) is 19.2. The van der Waals surface area contributed by atoms with E-state index < -0.39 is 0 Å². The van der Waals surface area contributed by atoms with E-state index in [0.717, 1.165) is 11.6 Å². The van der Waals surface area contributed by atoms with Crippen LogP contribution in [0.1, 0.15) is 15.9 Å². The van der Waals surface area contributed by atoms with E-state index >= 15 is 0 Å². The monoisotopic (exact) mass is 274 g/mol. The molecule has 0 saturated carbocycles. The van der Waals surface area contributed by atoms with Gasteiger partial charge in [0.1, 0.15) is 28.6 Å². The van der Waals surface area contributed by atoms with Gasteiger partial charge in [-0.15, -0.1) is 0 Å². The topological polar surface area (TPSA) is 101 Å². The summed E-state index contributed by atoms with van der Waals surface area (Å²) < 4.78 is 5.59. The molecule has 0 spiro atoms. The first-order valence-electron chi connectivity index (χ1n) is 5.67. The Balaban J connectivity index is 0.000000704. The van der Waals surface area contributed by atoms with Crippen LogP contribution < -0.4 is 4.74 Å². The van der Waals surface area contributed by atoms with Crippen LogP contribution in [0, 0.1) is 9.93 Å². The predicted molar refractivity (Wildman–Crippen MR) is 71.1 cm³/mol. The number of carbonyl (C=O) groups is 1. The van der Waals surface area contributed by atoms with Gasteiger partial charge in [-0.1, -0.05) is 18.2 Å². The van der Waals surface area contributed by atoms with Crippen LogP contribution in [0.4, 0.5) is 0 Å². The molecule has 1 aliphatic heterocycles. The van der Waals surface area contributed by atoms with Gasteiger partial charge < -0.3 is 14.9 Å². The van der Waals surface area contributed by atoms with E-state index in [-0.39, 0.29) is 35.0 Å². The number of rotatable bonds is 0. The Morgan fingerprint density at radius 2 is 1.70 bits per heavy atom. The molecule has 0 radical (unpaired) electrons. The lowest BCUT2D eigenvalue weighted by molar-refractivity contribution is 0.0991. The molecule has 6 nitrogen and oxygen atoms in total. The molecule has 0 fully saturated rings. The molecule has 0 unspecified atom stereocenters. The largest absolute Gasteiger partial charge is 0.508 e. The average Bonchev–Trinajstić information content (AvgIpc) is 2.56. The first kappa shape index (κ1) is 13.5. The van der Waals surface area contributed by atoms with Crippen LogP contribution in [-0.2, 0) is 6.42 Å². The molecule has 1 heterocycles. The number of phenolic OH excluding ortho intramolecular Hbond substituents is 2. The zero-order valence-corrected chi connectivity index (χ0v) is 10.2. The molecule has 0 saturated heterocycles. The van der Waals surface area contributed by atoms with E-state index in [4.69, 9.17) is 14.7 Å². The Morgan fingerprint density at radius 3 is 2.45 bits per heavy atom. The molecular formula is C14H10O6. The molecule has 20 heavy (non-hydrogen) atoms. The molecule has 0 aromatic heterocycles. The second-order valence-electron chi connectivity index (χ2n) is 4.15. The van der Waals surface area contributed by atoms with Gasteiger partial charge in [0.2, 0.25) is 0 Å². The maximum Gasteiger partial charge on any atom is 0.174 e. The summed E-state index contributed by atoms with van der Waals surface area (Å²) >= 11 is 0. The third-order valence-corrected chi connectivity index (χ3v) is 2.89. The first-order valence-corrected chi connectivity index (χ1v) is 5.67. The highest BCUT2D eigenvalue weighted by molar-refractivity contribution is 6.03. The van der Waals surface area contributed by atoms with Gasteiger partial charge in [0.15, 0.2) is 5.78 Å². The van der Waals surface area contributed by atoms with E-state index in [1.165, 1.54) is 6.07 Å². The molecule has 0 amide bonds. The Bertz CT molecular complexity index is 665. The third-order valence-electron chi connectivity index (χ3n) is 2.89. The summed E-state index contributed by atoms with van der Waals surface area (Å²) in [6.07, 6.45) is 0.168. The molecule has 2 aromatic carbocycles. The summed E-state index contributed by atoms with van der Waals surface area (Å²) in [4.78, 5) is 26.1. The zero-order chi connectivity index (χ0) is 14.7. The van der Waals surface area contributed by atoms with Crippen molar-refractivity contribution in [3.63, 3.8) is 0 Å². The van der Waals surface area contributed by atoms with Crippen molar-refractivity contribution in [2.24, 2.45) is 0 Å². The number of benzene rings is 2. The smallest absolute Gasteiger partial charge is 0.174 e. The molecular weight excluding hydrogens is 264 g/mol. The summed E-state index contributed by atoms with van der Waals surface area (Å²) in [5.41, 5.74) is 0.876. The fourth-order valence-corrected chi connectivity index (χ4v) is 2.08. The van der Waals surface area contributed by atoms with Crippen LogP contribution in [0.25, 0.3) is 0 Å². The van der Waals surface area contributed by atoms with Crippen LogP contribution in [0.3, 0.4) is 0 Å². The van der Waals surface area contributed by atoms with Crippen LogP contribution in [0.15, 0.2) is 36.4 Å². The lowest BCUT2D eigenvalue weighted by Gasteiger charge is -2.09. The summed E-state index contributed by atoms with van der Waals surface area (Å²) in [6.45, 7) is 0. The fraction of sp³-hybridized carbons (Fsp3) is 0.0714. The van der Waals surface area contributed by atoms with Crippen molar-refractivity contribution in [2.45, 2.75) is 6.42 Å². The van der Waals surface area contributed by atoms with Gasteiger partial charge in [-0.25, -0.2) is 0 Å². The van der Waals surface area contributed by atoms with Crippen LogP contribution in [0.5, 0.6) is 23.0 Å². The highest BCUT2D eigenvalue weighted by Crippen LogP contribution is 2.40. The molecule has 6 heteroatoms. The number of para-hydroxylation sites is 1. The number of phenols is 2. The van der Waals surface area contributed by atoms with Gasteiger partial charge in [0.25, 0.3) is 0 Å². The van der Waals surface area contributed by atoms with E-state index in [1.54, 1.807) is 18.2 Å². The number of ketones is 1. The molecule has 102 valence electrons. The molecule has 2 N–H and O–H groups in total. The van der Waals surface area contributed by atoms with Crippen molar-refractivity contribution in [3.8, 4) is 23.0 Å². The van der Waals surface area contributed by atoms with Crippen LogP contribution in [0.2, 0.25) is 0 Å². The molecule has 1 aliphatic rings. The molecule has 3 rings (SSSR count). The van der Waals surface area contributed by atoms with Gasteiger partial charge >= 0.3 is 0 Å². The predicted octanol–water partition coefficient (Wildman–Crippen LogP) is 2.70. The van der Waals surface area contributed by atoms with Crippen molar-refractivity contribution in [2.75, 3.05) is 0 Å². The number of aromatic hydroxyl groups is 2. The minimum atomic E-state index is -0.261. The lowest BCUT2D eigenvalue weighted by Crippen LogP contribution is -2.02. The second-order valence-corrected chi connectivity index (χ2v) is 4.15. The van der Waals surface area contributed by atoms with Crippen molar-refractivity contribution < 1.29 is 19.7 Å². The third kappa shape index (κ3) is 2.31. The molecule has 0 bridgehead atoms. The first-order chi connectivity index (χ1) is 9.65. The SMILES string of the molecule is O=C1Cc2ccccc2Oc2cc(O)cc(O)c21.O=O. The number of carbonyl (C=O) groups excluding carboxylic acids is 1. The number of ether oxygens (including phenoxy) is 1. The van der Waals surface area contributed by atoms with E-state index in [1.807, 2.05) is 6.07 Å². The van der Waals surface area contributed by atoms with E-state index in [9.17, 15) is 15.0 Å². The number of hydrogen-bond donors (Lipinski definition) is 2. The number of fused-ring (bicyclic) bond motifs is 2. The summed E-state index contributed by atoms with van der Waals surface area (Å²) in [6, 6.07) is 9.64. The van der Waals surface area contributed by atoms with Gasteiger partial charge in [0.05, 0.1) is 0 Å². The van der Waals surface area contributed by atoms with Gasteiger partial charge in [-0.05, 0) is 6.07 Å². The molecule has 0 aliphatic carbocycles. The van der Waals surface area contributed by atoms with Crippen LogP contribution >= 0.6 is 0 Å². The minimum Gasteiger partial charge on any atom is -0.508 e. The normalized spacial score (nSPS) is 12.1. The maximum absolute atomic E-state index is 12.1. The zero-order valence-electron chi connectivity index (χ0n) is 10.2. The number of hydrogen-bond acceptors (Lipinski definition) is 6. The molecule has 2 aromatic rings. The van der Waals surface area contributed by atoms with Gasteiger partial charge in [0, 0.05) is 34.0 Å². The Morgan fingerprint density at radius 1 is 1.00 bits per heavy atom. The Kier molecular flexibility index (Phi) is 3.65. The van der Waals surface area contributed by atoms with Gasteiger partial charge in [-0.2, -0.15) is 0 Å². The minimum absolute atomic E-state index is 0.115. The highest BCUT2D eigenvalue weighted by Gasteiger charge is 2.24. The standard InChI is InChI=1S/C14H10O4.O2/c15-9-6-11(17)14-10(16)5-8-3-1-2-4-12(8)18-13(14)7-9;1-2/h1-4,6-7,15,17H,5H2;. The lowest BCUT2D eigenvalue weighted by atomic mass is 10.0. The summed E-state index contributed by atoms with van der Waals surface area (Å²) in [5.74, 6) is 0.116. The molecule has 0 atom stereocenters. The van der Waals surface area contributed by atoms with Crippen molar-refractivity contribution in [1.82, 2.24) is 0 Å². The van der Waals surface area contributed by atoms with Crippen molar-refractivity contribution >= 4 is 5.78 Å². The maximum atomic E-state index is 12.1. The summed E-state index contributed by atoms with van der Waals surface area (Å²) in [7, 11) is 0. The second kappa shape index (κ2) is 5.40. The van der Waals surface area contributed by atoms with Crippen molar-refractivity contribution in [1.29, 1.82) is 0 Å². The fourth-order valence-electron chi connectivity index (χ4n) is 2.08. The van der Waals surface area contributed by atoms with E-state index in [0.29, 0.717) is 5.75 Å². The average molecular weight is 274 g/mol. The van der Waals surface area contributed by atoms with Crippen molar-refractivity contribution in [3.05, 3.63) is 57.5 Å². The highest BCUT2D eigenvalue weighted by atomic mass is 16.7. The van der Waals surface area contributed by atoms with Crippen LogP contribution in [-0.4, -0.2) is 16.0 Å². The quantitative estimate of drug-likeness (QED) is 0.765. The van der Waals surface area contributed by atoms with Gasteiger partial charge in [-0.3, -0.25) is 4.79 Å². The Labute approximate surface area is 113 Å².